The highest BCUT2D eigenvalue weighted by molar-refractivity contribution is 7.98. The van der Waals surface area contributed by atoms with Gasteiger partial charge in [0.05, 0.1) is 45.5 Å². The van der Waals surface area contributed by atoms with Crippen LogP contribution in [0.3, 0.4) is 0 Å². The Morgan fingerprint density at radius 3 is 2.23 bits per heavy atom. The largest absolute Gasteiger partial charge is 0.392 e. The second-order valence-electron chi connectivity index (χ2n) is 5.20. The fourth-order valence-electron chi connectivity index (χ4n) is 2.16. The summed E-state index contributed by atoms with van der Waals surface area (Å²) in [6, 6.07) is 6.00. The number of benzene rings is 1. The summed E-state index contributed by atoms with van der Waals surface area (Å²) in [5, 5.41) is 9.41. The van der Waals surface area contributed by atoms with Crippen molar-refractivity contribution in [2.24, 2.45) is 0 Å². The summed E-state index contributed by atoms with van der Waals surface area (Å²) >= 11 is 11.2. The minimum absolute atomic E-state index is 0.0140. The smallest absolute Gasteiger partial charge is 0.0701 e. The molecular weight excluding hydrogens is 394 g/mol. The quantitative estimate of drug-likeness (QED) is 0.206. The highest BCUT2D eigenvalue weighted by Gasteiger charge is 2.09. The Bertz CT molecular complexity index is 433. The maximum atomic E-state index is 9.41. The molecule has 0 aliphatic rings. The number of nitrogens with zero attached hydrogens (tertiary/aromatic N) is 1. The first-order chi connectivity index (χ1) is 12.7. The van der Waals surface area contributed by atoms with E-state index in [1.807, 2.05) is 12.1 Å². The van der Waals surface area contributed by atoms with E-state index in [-0.39, 0.29) is 6.61 Å². The van der Waals surface area contributed by atoms with Gasteiger partial charge in [-0.05, 0) is 35.8 Å². The highest BCUT2D eigenvalue weighted by Crippen LogP contribution is 2.22. The molecule has 0 aliphatic heterocycles. The van der Waals surface area contributed by atoms with E-state index in [0.29, 0.717) is 38.9 Å². The third-order valence-corrected chi connectivity index (χ3v) is 4.21. The maximum absolute atomic E-state index is 9.41. The Balaban J connectivity index is 0.00000301. The highest BCUT2D eigenvalue weighted by atomic mass is 35.5. The van der Waals surface area contributed by atoms with Crippen LogP contribution in [-0.4, -0.2) is 70.2 Å². The van der Waals surface area contributed by atoms with Crippen molar-refractivity contribution in [1.82, 2.24) is 0 Å². The summed E-state index contributed by atoms with van der Waals surface area (Å²) in [5.41, 5.74) is 2.95. The molecule has 0 aromatic heterocycles. The molecule has 1 aromatic carbocycles. The van der Waals surface area contributed by atoms with Crippen LogP contribution in [0.1, 0.15) is 11.1 Å². The van der Waals surface area contributed by atoms with Crippen LogP contribution >= 0.6 is 36.0 Å². The summed E-state index contributed by atoms with van der Waals surface area (Å²) in [6.07, 6.45) is 3.76. The molecule has 0 heterocycles. The predicted octanol–water partition coefficient (Wildman–Crippen LogP) is 3.27. The van der Waals surface area contributed by atoms with Gasteiger partial charge in [-0.3, -0.25) is 0 Å². The van der Waals surface area contributed by atoms with E-state index in [1.54, 1.807) is 25.1 Å². The van der Waals surface area contributed by atoms with Crippen molar-refractivity contribution in [3.8, 4) is 0 Å². The summed E-state index contributed by atoms with van der Waals surface area (Å²) in [4.78, 5) is 2.23. The molecule has 0 saturated carbocycles. The van der Waals surface area contributed by atoms with Crippen LogP contribution in [0.5, 0.6) is 0 Å². The number of rotatable bonds is 14. The zero-order valence-corrected chi connectivity index (χ0v) is 18.4. The Morgan fingerprint density at radius 1 is 1.04 bits per heavy atom. The zero-order valence-electron chi connectivity index (χ0n) is 15.9. The number of thiol groups is 1. The first-order valence-corrected chi connectivity index (χ1v) is 11.2. The zero-order chi connectivity index (χ0) is 19.6. The number of alkyl halides is 1. The van der Waals surface area contributed by atoms with Crippen molar-refractivity contribution in [2.75, 3.05) is 70.0 Å². The average molecular weight is 426 g/mol. The number of halogens is 1. The van der Waals surface area contributed by atoms with Gasteiger partial charge in [0.1, 0.15) is 0 Å². The van der Waals surface area contributed by atoms with E-state index in [4.69, 9.17) is 25.8 Å². The Morgan fingerprint density at radius 2 is 1.65 bits per heavy atom. The lowest BCUT2D eigenvalue weighted by Crippen LogP contribution is -2.27. The van der Waals surface area contributed by atoms with Crippen molar-refractivity contribution >= 4 is 41.7 Å². The van der Waals surface area contributed by atoms with Crippen LogP contribution in [0, 0.1) is 0 Å². The van der Waals surface area contributed by atoms with Crippen LogP contribution in [0.15, 0.2) is 18.2 Å². The molecule has 0 radical (unpaired) electrons. The number of methoxy groups -OCH3 is 1. The fourth-order valence-corrected chi connectivity index (χ4v) is 2.90. The molecule has 1 rings (SSSR count). The second kappa shape index (κ2) is 18.2. The van der Waals surface area contributed by atoms with Crippen LogP contribution in [0.25, 0.3) is 0 Å². The van der Waals surface area contributed by atoms with Crippen LogP contribution in [0.4, 0.5) is 5.69 Å². The third kappa shape index (κ3) is 11.5. The lowest BCUT2D eigenvalue weighted by molar-refractivity contribution is 0.0265. The van der Waals surface area contributed by atoms with Crippen molar-refractivity contribution in [3.05, 3.63) is 29.3 Å². The molecule has 0 fully saturated rings. The molecule has 0 bridgehead atoms. The van der Waals surface area contributed by atoms with Gasteiger partial charge in [0.25, 0.3) is 0 Å². The van der Waals surface area contributed by atoms with E-state index in [0.717, 1.165) is 29.2 Å². The number of anilines is 1. The molecule has 1 aromatic rings. The SMILES string of the molecule is COCCOCCOCCN(CSC)c1cc(CO)cc(CCl)c1.CS. The first kappa shape index (κ1) is 25.9. The molecule has 5 nitrogen and oxygen atoms in total. The van der Waals surface area contributed by atoms with Crippen molar-refractivity contribution < 1.29 is 19.3 Å². The van der Waals surface area contributed by atoms with Gasteiger partial charge in [-0.25, -0.2) is 0 Å². The molecule has 8 heteroatoms. The minimum Gasteiger partial charge on any atom is -0.392 e. The van der Waals surface area contributed by atoms with E-state index in [2.05, 4.69) is 29.9 Å². The predicted molar refractivity (Wildman–Crippen MR) is 116 cm³/mol. The molecule has 0 unspecified atom stereocenters. The third-order valence-electron chi connectivity index (χ3n) is 3.33. The van der Waals surface area contributed by atoms with Gasteiger partial charge in [-0.2, -0.15) is 12.6 Å². The normalized spacial score (nSPS) is 10.4. The van der Waals surface area contributed by atoms with E-state index in [1.165, 1.54) is 0 Å². The van der Waals surface area contributed by atoms with Gasteiger partial charge in [0.2, 0.25) is 0 Å². The molecule has 1 N–H and O–H groups in total. The van der Waals surface area contributed by atoms with E-state index >= 15 is 0 Å². The van der Waals surface area contributed by atoms with Gasteiger partial charge in [0.15, 0.2) is 0 Å². The number of hydrogen-bond acceptors (Lipinski definition) is 7. The molecule has 0 atom stereocenters. The summed E-state index contributed by atoms with van der Waals surface area (Å²) in [5.74, 6) is 1.29. The molecule has 26 heavy (non-hydrogen) atoms. The number of aliphatic hydroxyl groups is 1. The van der Waals surface area contributed by atoms with Gasteiger partial charge < -0.3 is 24.2 Å². The monoisotopic (exact) mass is 425 g/mol. The summed E-state index contributed by atoms with van der Waals surface area (Å²) in [7, 11) is 1.65. The molecule has 0 saturated heterocycles. The molecule has 0 spiro atoms. The van der Waals surface area contributed by atoms with Crippen molar-refractivity contribution in [3.63, 3.8) is 0 Å². The molecule has 0 amide bonds. The van der Waals surface area contributed by atoms with Crippen LogP contribution < -0.4 is 4.90 Å². The average Bonchev–Trinajstić information content (AvgIpc) is 2.70. The standard InChI is InChI=1S/C17H28ClNO4S.CH4S/c1-21-5-6-23-8-7-22-4-3-19(14-24-2)17-10-15(12-18)9-16(11-17)13-20;1-2/h9-11,20H,3-8,12-14H2,1-2H3;2H,1H3. The van der Waals surface area contributed by atoms with Gasteiger partial charge in [-0.1, -0.05) is 6.07 Å². The lowest BCUT2D eigenvalue weighted by Gasteiger charge is -2.25. The number of aliphatic hydroxyl groups excluding tert-OH is 1. The summed E-state index contributed by atoms with van der Waals surface area (Å²) in [6.45, 7) is 3.74. The number of hydrogen-bond donors (Lipinski definition) is 2. The first-order valence-electron chi connectivity index (χ1n) is 8.37. The topological polar surface area (TPSA) is 51.2 Å². The summed E-state index contributed by atoms with van der Waals surface area (Å²) < 4.78 is 15.9. The van der Waals surface area contributed by atoms with Gasteiger partial charge in [0, 0.05) is 25.2 Å². The number of ether oxygens (including phenoxy) is 3. The maximum Gasteiger partial charge on any atom is 0.0701 e. The second-order valence-corrected chi connectivity index (χ2v) is 6.30. The van der Waals surface area contributed by atoms with E-state index < -0.39 is 0 Å². The number of thioether (sulfide) groups is 1. The molecule has 0 aliphatic carbocycles. The molecular formula is C18H32ClNO4S2. The van der Waals surface area contributed by atoms with Crippen molar-refractivity contribution in [2.45, 2.75) is 12.5 Å². The Labute approximate surface area is 172 Å². The molecule has 152 valence electrons. The lowest BCUT2D eigenvalue weighted by atomic mass is 10.1. The van der Waals surface area contributed by atoms with Crippen molar-refractivity contribution in [1.29, 1.82) is 0 Å². The van der Waals surface area contributed by atoms with Gasteiger partial charge in [-0.15, -0.1) is 23.4 Å². The minimum atomic E-state index is 0.0140. The van der Waals surface area contributed by atoms with E-state index in [9.17, 15) is 5.11 Å². The van der Waals surface area contributed by atoms with Crippen LogP contribution in [-0.2, 0) is 26.7 Å². The Hall–Kier alpha value is -0.150. The van der Waals surface area contributed by atoms with Crippen LogP contribution in [0.2, 0.25) is 0 Å². The fraction of sp³-hybridized carbons (Fsp3) is 0.667. The van der Waals surface area contributed by atoms with Gasteiger partial charge >= 0.3 is 0 Å². The Kier molecular flexibility index (Phi) is 18.1.